The van der Waals surface area contributed by atoms with Crippen LogP contribution in [0.1, 0.15) is 29.6 Å². The van der Waals surface area contributed by atoms with E-state index in [1.165, 1.54) is 52.4 Å². The number of allylic oxidation sites excluding steroid dienone is 4. The molecule has 260 valence electrons. The summed E-state index contributed by atoms with van der Waals surface area (Å²) in [6.07, 6.45) is 1.21. The molecule has 4 aromatic rings. The van der Waals surface area contributed by atoms with Crippen LogP contribution in [0.3, 0.4) is 0 Å². The molecule has 50 heavy (non-hydrogen) atoms. The van der Waals surface area contributed by atoms with Gasteiger partial charge >= 0.3 is 11.4 Å². The van der Waals surface area contributed by atoms with Gasteiger partial charge < -0.3 is 19.1 Å². The van der Waals surface area contributed by atoms with Gasteiger partial charge in [0.15, 0.2) is 23.1 Å². The Balaban J connectivity index is 1.32. The normalized spacial score (nSPS) is 24.5. The summed E-state index contributed by atoms with van der Waals surface area (Å²) in [7, 11) is 4.53. The van der Waals surface area contributed by atoms with Crippen LogP contribution in [0.15, 0.2) is 72.5 Å². The number of aryl methyl sites for hydroxylation is 2. The number of phenols is 1. The van der Waals surface area contributed by atoms with Crippen molar-refractivity contribution in [2.45, 2.75) is 47.6 Å². The lowest BCUT2D eigenvalue weighted by Crippen LogP contribution is -2.67. The van der Waals surface area contributed by atoms with Crippen molar-refractivity contribution in [2.75, 3.05) is 14.2 Å². The lowest BCUT2D eigenvalue weighted by atomic mass is 9.59. The molecule has 0 bridgehead atoms. The number of hydrogen-bond donors (Lipinski definition) is 1. The number of benzene rings is 2. The minimum absolute atomic E-state index is 0.0664. The number of carbonyl (C=O) groups is 2. The highest BCUT2D eigenvalue weighted by Gasteiger charge is 2.71. The summed E-state index contributed by atoms with van der Waals surface area (Å²) in [4.78, 5) is 69.0. The van der Waals surface area contributed by atoms with Crippen molar-refractivity contribution < 1.29 is 24.2 Å². The largest absolute Gasteiger partial charge is 0.508 e. The number of Topliss-reactive ketones (excluding diaryl/α,β-unsaturated/α-hetero) is 2. The highest BCUT2D eigenvalue weighted by Crippen LogP contribution is 2.63. The fraction of sp³-hybridized carbons (Fsp3) is 0.333. The quantitative estimate of drug-likeness (QED) is 0.230. The lowest BCUT2D eigenvalue weighted by Gasteiger charge is -2.54. The fourth-order valence-electron chi connectivity index (χ4n) is 7.34. The first-order chi connectivity index (χ1) is 23.7. The van der Waals surface area contributed by atoms with Crippen molar-refractivity contribution in [3.63, 3.8) is 0 Å². The number of aromatic hydroxyl groups is 1. The van der Waals surface area contributed by atoms with Gasteiger partial charge in [0.2, 0.25) is 0 Å². The molecule has 0 radical (unpaired) electrons. The Morgan fingerprint density at radius 2 is 1.58 bits per heavy atom. The Kier molecular flexibility index (Phi) is 8.13. The van der Waals surface area contributed by atoms with E-state index in [-0.39, 0.29) is 37.4 Å². The van der Waals surface area contributed by atoms with Gasteiger partial charge in [-0.05, 0) is 23.3 Å². The van der Waals surface area contributed by atoms with Crippen LogP contribution in [-0.4, -0.2) is 64.1 Å². The molecule has 0 unspecified atom stereocenters. The van der Waals surface area contributed by atoms with E-state index in [0.717, 1.165) is 4.57 Å². The van der Waals surface area contributed by atoms with Crippen molar-refractivity contribution in [3.8, 4) is 17.2 Å². The number of rotatable bonds is 6. The molecule has 1 aliphatic heterocycles. The molecule has 0 saturated heterocycles. The van der Waals surface area contributed by atoms with Gasteiger partial charge in [-0.2, -0.15) is 0 Å². The Hall–Kier alpha value is -4.30. The van der Waals surface area contributed by atoms with E-state index in [4.69, 9.17) is 55.9 Å². The molecule has 4 atom stereocenters. The highest BCUT2D eigenvalue weighted by atomic mass is 35.5. The van der Waals surface area contributed by atoms with E-state index in [0.29, 0.717) is 33.7 Å². The van der Waals surface area contributed by atoms with E-state index in [9.17, 15) is 29.1 Å². The van der Waals surface area contributed by atoms with Crippen LogP contribution >= 0.6 is 46.4 Å². The van der Waals surface area contributed by atoms with E-state index < -0.39 is 60.3 Å². The summed E-state index contributed by atoms with van der Waals surface area (Å²) in [5.41, 5.74) is 0.0356. The SMILES string of the molecule is COc1cc2nc(CCn3c(=O)n4n(c3=O)[C@@H]3C[C@@]5(Cl)C(=O)C(Cl)=C(Cl)C(=O)[C@@]5(Cl)[C@@H](c5ccc(O)cc5)C3=CC4)c(=O)n(C)c2cc1OC. The van der Waals surface area contributed by atoms with Crippen LogP contribution in [0.2, 0.25) is 0 Å². The Morgan fingerprint density at radius 3 is 2.24 bits per heavy atom. The molecule has 2 aromatic heterocycles. The number of aromatic nitrogens is 5. The molecule has 13 nitrogen and oxygen atoms in total. The molecule has 1 saturated carbocycles. The van der Waals surface area contributed by atoms with Crippen LogP contribution < -0.4 is 26.4 Å². The van der Waals surface area contributed by atoms with Gasteiger partial charge in [-0.25, -0.2) is 28.5 Å². The summed E-state index contributed by atoms with van der Waals surface area (Å²) >= 11 is 26.8. The van der Waals surface area contributed by atoms with Gasteiger partial charge in [-0.15, -0.1) is 23.2 Å². The minimum atomic E-state index is -2.20. The third-order valence-corrected chi connectivity index (χ3v) is 12.1. The Labute approximate surface area is 302 Å². The summed E-state index contributed by atoms with van der Waals surface area (Å²) in [6, 6.07) is 8.04. The number of alkyl halides is 2. The molecule has 17 heteroatoms. The number of hydrogen-bond acceptors (Lipinski definition) is 9. The number of phenolic OH excluding ortho intramolecular Hbond substituents is 1. The first-order valence-corrected chi connectivity index (χ1v) is 16.8. The second-order valence-corrected chi connectivity index (χ2v) is 14.3. The topological polar surface area (TPSA) is 157 Å². The number of carbonyl (C=O) groups excluding carboxylic acids is 2. The molecule has 3 aliphatic rings. The van der Waals surface area contributed by atoms with E-state index in [1.807, 2.05) is 0 Å². The summed E-state index contributed by atoms with van der Waals surface area (Å²) in [5.74, 6) is -2.14. The number of nitrogens with zero attached hydrogens (tertiary/aromatic N) is 5. The van der Waals surface area contributed by atoms with Crippen LogP contribution in [0.4, 0.5) is 0 Å². The summed E-state index contributed by atoms with van der Waals surface area (Å²) in [5, 5.41) is 8.86. The summed E-state index contributed by atoms with van der Waals surface area (Å²) in [6.45, 7) is -0.296. The monoisotopic (exact) mass is 761 g/mol. The Morgan fingerprint density at radius 1 is 0.940 bits per heavy atom. The van der Waals surface area contributed by atoms with Crippen LogP contribution in [0.5, 0.6) is 17.2 Å². The zero-order valence-electron chi connectivity index (χ0n) is 26.6. The average molecular weight is 763 g/mol. The van der Waals surface area contributed by atoms with Crippen LogP contribution in [0.25, 0.3) is 11.0 Å². The zero-order chi connectivity index (χ0) is 36.0. The van der Waals surface area contributed by atoms with Gasteiger partial charge in [0.05, 0.1) is 37.8 Å². The maximum Gasteiger partial charge on any atom is 0.347 e. The molecule has 3 heterocycles. The highest BCUT2D eigenvalue weighted by molar-refractivity contribution is 6.66. The van der Waals surface area contributed by atoms with Crippen molar-refractivity contribution in [2.24, 2.45) is 7.05 Å². The average Bonchev–Trinajstić information content (AvgIpc) is 3.36. The fourth-order valence-corrected chi connectivity index (χ4v) is 8.86. The first kappa shape index (κ1) is 34.2. The number of ketones is 2. The van der Waals surface area contributed by atoms with Gasteiger partial charge in [-0.3, -0.25) is 14.4 Å². The summed E-state index contributed by atoms with van der Waals surface area (Å²) < 4.78 is 15.5. The molecule has 2 aliphatic carbocycles. The third-order valence-electron chi connectivity index (χ3n) is 9.83. The van der Waals surface area contributed by atoms with Crippen molar-refractivity contribution in [3.05, 3.63) is 101 Å². The van der Waals surface area contributed by atoms with E-state index in [1.54, 1.807) is 25.3 Å². The van der Waals surface area contributed by atoms with Crippen LogP contribution in [-0.2, 0) is 36.1 Å². The molecule has 1 fully saturated rings. The second kappa shape index (κ2) is 11.9. The zero-order valence-corrected chi connectivity index (χ0v) is 29.6. The standard InChI is InChI=1S/C33H27Cl4N5O8/c1-39-20-13-23(50-3)22(49-2)12-19(20)38-18(29(39)46)9-10-40-30(47)41-11-8-17-21(42(41)31(40)48)14-32(36)27(44)25(34)26(35)28(45)33(32,37)24(17)15-4-6-16(43)7-5-15/h4-8,12-13,21,24,43H,9-11,14H2,1-3H3/t21-,24+,32-,33+/m1/s1. The van der Waals surface area contributed by atoms with Crippen molar-refractivity contribution >= 4 is 69.0 Å². The van der Waals surface area contributed by atoms with Crippen molar-refractivity contribution in [1.29, 1.82) is 0 Å². The first-order valence-electron chi connectivity index (χ1n) is 15.2. The number of ether oxygens (including phenoxy) is 2. The minimum Gasteiger partial charge on any atom is -0.508 e. The third kappa shape index (κ3) is 4.59. The number of methoxy groups -OCH3 is 2. The maximum absolute atomic E-state index is 14.1. The number of fused-ring (bicyclic) bond motifs is 5. The maximum atomic E-state index is 14.1. The van der Waals surface area contributed by atoms with Crippen LogP contribution in [0, 0.1) is 0 Å². The lowest BCUT2D eigenvalue weighted by molar-refractivity contribution is -0.128. The van der Waals surface area contributed by atoms with Gasteiger partial charge in [0.25, 0.3) is 5.56 Å². The van der Waals surface area contributed by atoms with Gasteiger partial charge in [0, 0.05) is 44.5 Å². The molecule has 2 aromatic carbocycles. The van der Waals surface area contributed by atoms with E-state index >= 15 is 0 Å². The van der Waals surface area contributed by atoms with Crippen molar-refractivity contribution in [1.82, 2.24) is 23.5 Å². The molecule has 7 rings (SSSR count). The van der Waals surface area contributed by atoms with Gasteiger partial charge in [-0.1, -0.05) is 41.4 Å². The van der Waals surface area contributed by atoms with Gasteiger partial charge in [0.1, 0.15) is 31.3 Å². The molecular formula is C33H27Cl4N5O8. The molecule has 0 amide bonds. The smallest absolute Gasteiger partial charge is 0.347 e. The molecular weight excluding hydrogens is 736 g/mol. The second-order valence-electron chi connectivity index (χ2n) is 12.3. The Bertz CT molecular complexity index is 2410. The predicted molar refractivity (Wildman–Crippen MR) is 185 cm³/mol. The molecule has 0 spiro atoms. The number of halogens is 4. The molecule has 1 N–H and O–H groups in total. The predicted octanol–water partition coefficient (Wildman–Crippen LogP) is 3.49. The van der Waals surface area contributed by atoms with E-state index in [2.05, 4.69) is 4.98 Å².